The Morgan fingerprint density at radius 3 is 2.00 bits per heavy atom. The number of nitriles is 1. The van der Waals surface area contributed by atoms with Gasteiger partial charge in [-0.2, -0.15) is 14.0 Å². The average Bonchev–Trinajstić information content (AvgIpc) is 2.21. The molecular weight excluding hydrogens is 203 g/mol. The van der Waals surface area contributed by atoms with E-state index in [-0.39, 0.29) is 5.57 Å². The average molecular weight is 217 g/mol. The lowest BCUT2D eigenvalue weighted by Crippen LogP contribution is -2.16. The van der Waals surface area contributed by atoms with Crippen molar-refractivity contribution in [2.24, 2.45) is 0 Å². The maximum absolute atomic E-state index is 13.0. The normalized spacial score (nSPS) is 11.5. The topological polar surface area (TPSA) is 23.8 Å². The van der Waals surface area contributed by atoms with Crippen molar-refractivity contribution in [1.82, 2.24) is 0 Å². The Hall–Kier alpha value is -1.50. The van der Waals surface area contributed by atoms with Gasteiger partial charge >= 0.3 is 5.92 Å². The highest BCUT2D eigenvalue weighted by molar-refractivity contribution is 5.40. The van der Waals surface area contributed by atoms with E-state index in [2.05, 4.69) is 13.2 Å². The molecule has 0 aliphatic carbocycles. The second kappa shape index (κ2) is 6.88. The van der Waals surface area contributed by atoms with E-state index in [1.54, 1.807) is 0 Å². The van der Waals surface area contributed by atoms with E-state index in [0.29, 0.717) is 12.1 Å². The van der Waals surface area contributed by atoms with Gasteiger partial charge < -0.3 is 0 Å². The molecule has 0 aliphatic heterocycles. The van der Waals surface area contributed by atoms with Crippen molar-refractivity contribution >= 4 is 0 Å². The van der Waals surface area contributed by atoms with Gasteiger partial charge in [0, 0.05) is 0 Å². The minimum absolute atomic E-state index is 0.162. The first-order valence-electron chi connectivity index (χ1n) is 4.34. The SMILES string of the molecule is C=C/C(=C(/F)C(=C)C)C(F)(F)C#N.CC. The summed E-state index contributed by atoms with van der Waals surface area (Å²) in [6.45, 7) is 11.4. The summed E-state index contributed by atoms with van der Waals surface area (Å²) in [4.78, 5) is 0. The van der Waals surface area contributed by atoms with E-state index in [0.717, 1.165) is 0 Å². The Kier molecular flexibility index (Phi) is 7.32. The maximum atomic E-state index is 13.0. The van der Waals surface area contributed by atoms with E-state index in [9.17, 15) is 13.2 Å². The predicted octanol–water partition coefficient (Wildman–Crippen LogP) is 4.16. The molecule has 0 aromatic heterocycles. The zero-order valence-corrected chi connectivity index (χ0v) is 9.07. The van der Waals surface area contributed by atoms with Gasteiger partial charge in [0.2, 0.25) is 0 Å². The first-order valence-corrected chi connectivity index (χ1v) is 4.34. The second-order valence-electron chi connectivity index (χ2n) is 2.40. The Balaban J connectivity index is 0. The number of rotatable bonds is 3. The van der Waals surface area contributed by atoms with Crippen molar-refractivity contribution < 1.29 is 13.2 Å². The molecule has 0 rings (SSSR count). The van der Waals surface area contributed by atoms with Crippen molar-refractivity contribution in [1.29, 1.82) is 5.26 Å². The fourth-order valence-electron chi connectivity index (χ4n) is 0.646. The molecule has 0 bridgehead atoms. The van der Waals surface area contributed by atoms with Gasteiger partial charge in [0.1, 0.15) is 11.9 Å². The summed E-state index contributed by atoms with van der Waals surface area (Å²) in [5, 5.41) is 8.05. The lowest BCUT2D eigenvalue weighted by Gasteiger charge is -2.09. The molecule has 0 heterocycles. The number of hydrogen-bond acceptors (Lipinski definition) is 1. The quantitative estimate of drug-likeness (QED) is 0.651. The summed E-state index contributed by atoms with van der Waals surface area (Å²) in [7, 11) is 0. The summed E-state index contributed by atoms with van der Waals surface area (Å²) in [6, 6.07) is 0.685. The monoisotopic (exact) mass is 217 g/mol. The molecule has 0 aliphatic rings. The first kappa shape index (κ1) is 15.9. The number of hydrogen-bond donors (Lipinski definition) is 0. The van der Waals surface area contributed by atoms with Crippen LogP contribution in [0.4, 0.5) is 13.2 Å². The van der Waals surface area contributed by atoms with E-state index in [4.69, 9.17) is 5.26 Å². The second-order valence-corrected chi connectivity index (χ2v) is 2.40. The molecule has 0 N–H and O–H groups in total. The van der Waals surface area contributed by atoms with Crippen LogP contribution < -0.4 is 0 Å². The van der Waals surface area contributed by atoms with Gasteiger partial charge in [0.05, 0.1) is 5.57 Å². The van der Waals surface area contributed by atoms with Gasteiger partial charge in [-0.3, -0.25) is 0 Å². The molecule has 0 amide bonds. The molecule has 0 saturated carbocycles. The zero-order valence-electron chi connectivity index (χ0n) is 9.07. The third-order valence-corrected chi connectivity index (χ3v) is 1.29. The van der Waals surface area contributed by atoms with Crippen LogP contribution in [0.25, 0.3) is 0 Å². The molecule has 0 aromatic carbocycles. The van der Waals surface area contributed by atoms with Gasteiger partial charge in [0.15, 0.2) is 0 Å². The Labute approximate surface area is 88.2 Å². The molecule has 0 radical (unpaired) electrons. The molecule has 0 unspecified atom stereocenters. The van der Waals surface area contributed by atoms with Crippen LogP contribution in [-0.4, -0.2) is 5.92 Å². The van der Waals surface area contributed by atoms with E-state index < -0.39 is 17.3 Å². The maximum Gasteiger partial charge on any atom is 0.360 e. The van der Waals surface area contributed by atoms with E-state index >= 15 is 0 Å². The number of halogens is 3. The summed E-state index contributed by atoms with van der Waals surface area (Å²) in [5.74, 6) is -5.05. The van der Waals surface area contributed by atoms with Crippen LogP contribution in [0.5, 0.6) is 0 Å². The van der Waals surface area contributed by atoms with Crippen LogP contribution in [-0.2, 0) is 0 Å². The van der Waals surface area contributed by atoms with E-state index in [1.807, 2.05) is 13.8 Å². The Morgan fingerprint density at radius 2 is 1.80 bits per heavy atom. The minimum atomic E-state index is -3.86. The molecule has 84 valence electrons. The standard InChI is InChI=1S/C9H8F3N.C2H6/c1-4-7(8(10)6(2)3)9(11,12)5-13;1-2/h4H,1-2H2,3H3;1-2H3/b8-7-;. The molecule has 15 heavy (non-hydrogen) atoms. The van der Waals surface area contributed by atoms with Gasteiger partial charge in [-0.15, -0.1) is 0 Å². The van der Waals surface area contributed by atoms with Gasteiger partial charge in [-0.1, -0.05) is 33.1 Å². The lowest BCUT2D eigenvalue weighted by atomic mass is 10.1. The fraction of sp³-hybridized carbons (Fsp3) is 0.364. The highest BCUT2D eigenvalue weighted by Gasteiger charge is 2.35. The highest BCUT2D eigenvalue weighted by atomic mass is 19.3. The molecule has 0 spiro atoms. The third kappa shape index (κ3) is 4.50. The van der Waals surface area contributed by atoms with Crippen molar-refractivity contribution in [2.45, 2.75) is 26.7 Å². The number of allylic oxidation sites excluding steroid dienone is 4. The largest absolute Gasteiger partial charge is 0.360 e. The van der Waals surface area contributed by atoms with Gasteiger partial charge in [0.25, 0.3) is 0 Å². The van der Waals surface area contributed by atoms with Crippen molar-refractivity contribution in [3.05, 3.63) is 36.2 Å². The first-order chi connectivity index (χ1) is 6.86. The summed E-state index contributed by atoms with van der Waals surface area (Å²) in [5.41, 5.74) is -1.20. The third-order valence-electron chi connectivity index (χ3n) is 1.29. The zero-order chi connectivity index (χ0) is 12.6. The molecular formula is C11H14F3N. The van der Waals surface area contributed by atoms with Gasteiger partial charge in [-0.05, 0) is 12.5 Å². The predicted molar refractivity (Wildman–Crippen MR) is 55.1 cm³/mol. The minimum Gasteiger partial charge on any atom is -0.206 e. The molecule has 1 nitrogen and oxygen atoms in total. The summed E-state index contributed by atoms with van der Waals surface area (Å²) in [6.07, 6.45) is 0.618. The van der Waals surface area contributed by atoms with Crippen LogP contribution in [0.15, 0.2) is 36.2 Å². The molecule has 0 fully saturated rings. The lowest BCUT2D eigenvalue weighted by molar-refractivity contribution is 0.107. The molecule has 0 atom stereocenters. The Morgan fingerprint density at radius 1 is 1.40 bits per heavy atom. The summed E-state index contributed by atoms with van der Waals surface area (Å²) < 4.78 is 38.3. The summed E-state index contributed by atoms with van der Waals surface area (Å²) >= 11 is 0. The van der Waals surface area contributed by atoms with Crippen LogP contribution in [0.2, 0.25) is 0 Å². The van der Waals surface area contributed by atoms with Crippen LogP contribution in [0, 0.1) is 11.3 Å². The van der Waals surface area contributed by atoms with Crippen LogP contribution in [0.1, 0.15) is 20.8 Å². The van der Waals surface area contributed by atoms with Crippen molar-refractivity contribution in [3.63, 3.8) is 0 Å². The van der Waals surface area contributed by atoms with Gasteiger partial charge in [-0.25, -0.2) is 4.39 Å². The van der Waals surface area contributed by atoms with Crippen molar-refractivity contribution in [3.8, 4) is 6.07 Å². The molecule has 0 aromatic rings. The number of alkyl halides is 2. The van der Waals surface area contributed by atoms with Crippen LogP contribution >= 0.6 is 0 Å². The van der Waals surface area contributed by atoms with Crippen LogP contribution in [0.3, 0.4) is 0 Å². The highest BCUT2D eigenvalue weighted by Crippen LogP contribution is 2.29. The smallest absolute Gasteiger partial charge is 0.206 e. The van der Waals surface area contributed by atoms with Crippen molar-refractivity contribution in [2.75, 3.05) is 0 Å². The van der Waals surface area contributed by atoms with E-state index in [1.165, 1.54) is 6.92 Å². The molecule has 0 saturated heterocycles. The number of nitrogens with zero attached hydrogens (tertiary/aromatic N) is 1. The molecule has 4 heteroatoms. The Bertz CT molecular complexity index is 308. The fourth-order valence-corrected chi connectivity index (χ4v) is 0.646.